The lowest BCUT2D eigenvalue weighted by Gasteiger charge is -2.21. The van der Waals surface area contributed by atoms with Gasteiger partial charge in [-0.05, 0) is 6.92 Å². The van der Waals surface area contributed by atoms with Gasteiger partial charge in [-0.2, -0.15) is 4.98 Å². The van der Waals surface area contributed by atoms with Crippen molar-refractivity contribution in [1.29, 1.82) is 0 Å². The minimum Gasteiger partial charge on any atom is -0.481 e. The molecule has 2 unspecified atom stereocenters. The highest BCUT2D eigenvalue weighted by molar-refractivity contribution is 5.49. The Bertz CT molecular complexity index is 617. The van der Waals surface area contributed by atoms with Crippen LogP contribution in [0, 0.1) is 0 Å². The summed E-state index contributed by atoms with van der Waals surface area (Å²) in [6.07, 6.45) is 1.39. The SMILES string of the molecule is COc1cc(-c2noc(C3(C)COCC3N)n2)ncn1. The van der Waals surface area contributed by atoms with Crippen LogP contribution in [0.15, 0.2) is 16.9 Å². The third-order valence-corrected chi connectivity index (χ3v) is 3.51. The van der Waals surface area contributed by atoms with E-state index < -0.39 is 5.41 Å². The number of rotatable bonds is 3. The molecule has 1 aliphatic rings. The molecule has 8 heteroatoms. The first-order valence-corrected chi connectivity index (χ1v) is 6.17. The molecule has 8 nitrogen and oxygen atoms in total. The first-order chi connectivity index (χ1) is 9.63. The Kier molecular flexibility index (Phi) is 3.11. The second-order valence-corrected chi connectivity index (χ2v) is 4.91. The molecule has 20 heavy (non-hydrogen) atoms. The Hall–Kier alpha value is -2.06. The second kappa shape index (κ2) is 4.80. The van der Waals surface area contributed by atoms with Crippen molar-refractivity contribution in [2.45, 2.75) is 18.4 Å². The molecule has 0 aromatic carbocycles. The molecule has 1 saturated heterocycles. The normalized spacial score (nSPS) is 25.9. The summed E-state index contributed by atoms with van der Waals surface area (Å²) < 4.78 is 15.7. The van der Waals surface area contributed by atoms with Crippen LogP contribution in [0.5, 0.6) is 5.88 Å². The van der Waals surface area contributed by atoms with Crippen LogP contribution >= 0.6 is 0 Å². The van der Waals surface area contributed by atoms with E-state index in [4.69, 9.17) is 19.7 Å². The summed E-state index contributed by atoms with van der Waals surface area (Å²) in [6.45, 7) is 2.89. The van der Waals surface area contributed by atoms with Crippen LogP contribution in [0.2, 0.25) is 0 Å². The molecule has 0 amide bonds. The number of methoxy groups -OCH3 is 1. The van der Waals surface area contributed by atoms with Crippen molar-refractivity contribution in [1.82, 2.24) is 20.1 Å². The maximum absolute atomic E-state index is 6.04. The van der Waals surface area contributed by atoms with Gasteiger partial charge >= 0.3 is 0 Å². The number of ether oxygens (including phenoxy) is 2. The van der Waals surface area contributed by atoms with Gasteiger partial charge in [0, 0.05) is 12.1 Å². The molecule has 1 fully saturated rings. The highest BCUT2D eigenvalue weighted by Crippen LogP contribution is 2.31. The fourth-order valence-corrected chi connectivity index (χ4v) is 2.04. The van der Waals surface area contributed by atoms with E-state index in [1.54, 1.807) is 6.07 Å². The van der Waals surface area contributed by atoms with Gasteiger partial charge in [-0.3, -0.25) is 0 Å². The summed E-state index contributed by atoms with van der Waals surface area (Å²) in [6, 6.07) is 1.47. The second-order valence-electron chi connectivity index (χ2n) is 4.91. The quantitative estimate of drug-likeness (QED) is 0.844. The monoisotopic (exact) mass is 277 g/mol. The molecule has 3 rings (SSSR count). The third kappa shape index (κ3) is 2.02. The standard InChI is InChI=1S/C12H15N5O3/c1-12(5-19-4-8(12)13)11-16-10(17-20-11)7-3-9(18-2)15-6-14-7/h3,6,8H,4-5,13H2,1-2H3. The molecule has 0 saturated carbocycles. The fourth-order valence-electron chi connectivity index (χ4n) is 2.04. The summed E-state index contributed by atoms with van der Waals surface area (Å²) in [4.78, 5) is 12.4. The van der Waals surface area contributed by atoms with Gasteiger partial charge in [-0.1, -0.05) is 5.16 Å². The van der Waals surface area contributed by atoms with Crippen LogP contribution in [0.3, 0.4) is 0 Å². The van der Waals surface area contributed by atoms with Crippen molar-refractivity contribution in [2.24, 2.45) is 5.73 Å². The summed E-state index contributed by atoms with van der Waals surface area (Å²) in [5.41, 5.74) is 6.10. The molecule has 3 heterocycles. The van der Waals surface area contributed by atoms with E-state index in [0.29, 0.717) is 36.5 Å². The Labute approximate surface area is 115 Å². The van der Waals surface area contributed by atoms with Crippen molar-refractivity contribution in [3.05, 3.63) is 18.3 Å². The lowest BCUT2D eigenvalue weighted by molar-refractivity contribution is 0.169. The maximum Gasteiger partial charge on any atom is 0.236 e. The predicted octanol–water partition coefficient (Wildman–Crippen LogP) is 0.150. The van der Waals surface area contributed by atoms with E-state index in [1.165, 1.54) is 13.4 Å². The number of nitrogens with two attached hydrogens (primary N) is 1. The van der Waals surface area contributed by atoms with E-state index in [2.05, 4.69) is 20.1 Å². The Morgan fingerprint density at radius 2 is 2.30 bits per heavy atom. The average Bonchev–Trinajstić information content (AvgIpc) is 3.08. The van der Waals surface area contributed by atoms with Crippen LogP contribution in [0.4, 0.5) is 0 Å². The predicted molar refractivity (Wildman–Crippen MR) is 68.0 cm³/mol. The number of hydrogen-bond donors (Lipinski definition) is 1. The number of nitrogens with zero attached hydrogens (tertiary/aromatic N) is 4. The lowest BCUT2D eigenvalue weighted by Crippen LogP contribution is -2.42. The van der Waals surface area contributed by atoms with Crippen molar-refractivity contribution in [3.63, 3.8) is 0 Å². The molecule has 0 aliphatic carbocycles. The van der Waals surface area contributed by atoms with Crippen LogP contribution < -0.4 is 10.5 Å². The van der Waals surface area contributed by atoms with Crippen LogP contribution in [-0.2, 0) is 10.2 Å². The number of aromatic nitrogens is 4. The van der Waals surface area contributed by atoms with Crippen molar-refractivity contribution >= 4 is 0 Å². The van der Waals surface area contributed by atoms with Crippen molar-refractivity contribution in [3.8, 4) is 17.4 Å². The van der Waals surface area contributed by atoms with Crippen molar-refractivity contribution < 1.29 is 14.0 Å². The average molecular weight is 277 g/mol. The Balaban J connectivity index is 1.94. The zero-order chi connectivity index (χ0) is 14.2. The van der Waals surface area contributed by atoms with E-state index in [9.17, 15) is 0 Å². The largest absolute Gasteiger partial charge is 0.481 e. The highest BCUT2D eigenvalue weighted by Gasteiger charge is 2.44. The molecule has 1 aliphatic heterocycles. The minimum atomic E-state index is -0.470. The van der Waals surface area contributed by atoms with Gasteiger partial charge < -0.3 is 19.7 Å². The van der Waals surface area contributed by atoms with Crippen molar-refractivity contribution in [2.75, 3.05) is 20.3 Å². The zero-order valence-electron chi connectivity index (χ0n) is 11.2. The van der Waals surface area contributed by atoms with Gasteiger partial charge in [0.15, 0.2) is 0 Å². The molecule has 2 aromatic heterocycles. The molecule has 0 bridgehead atoms. The molecular weight excluding hydrogens is 262 g/mol. The number of hydrogen-bond acceptors (Lipinski definition) is 8. The molecule has 0 spiro atoms. The fraction of sp³-hybridized carbons (Fsp3) is 0.500. The van der Waals surface area contributed by atoms with E-state index in [-0.39, 0.29) is 6.04 Å². The summed E-state index contributed by atoms with van der Waals surface area (Å²) in [5, 5.41) is 3.94. The van der Waals surface area contributed by atoms with Gasteiger partial charge in [-0.15, -0.1) is 0 Å². The summed E-state index contributed by atoms with van der Waals surface area (Å²) in [7, 11) is 1.53. The third-order valence-electron chi connectivity index (χ3n) is 3.51. The zero-order valence-corrected chi connectivity index (χ0v) is 11.2. The molecule has 106 valence electrons. The van der Waals surface area contributed by atoms with Gasteiger partial charge in [0.1, 0.15) is 12.0 Å². The lowest BCUT2D eigenvalue weighted by atomic mass is 9.86. The van der Waals surface area contributed by atoms with Crippen LogP contribution in [-0.4, -0.2) is 46.5 Å². The molecule has 0 radical (unpaired) electrons. The Morgan fingerprint density at radius 1 is 1.45 bits per heavy atom. The van der Waals surface area contributed by atoms with E-state index >= 15 is 0 Å². The topological polar surface area (TPSA) is 109 Å². The van der Waals surface area contributed by atoms with Gasteiger partial charge in [0.2, 0.25) is 17.6 Å². The van der Waals surface area contributed by atoms with E-state index in [1.807, 2.05) is 6.92 Å². The summed E-state index contributed by atoms with van der Waals surface area (Å²) >= 11 is 0. The Morgan fingerprint density at radius 3 is 3.00 bits per heavy atom. The van der Waals surface area contributed by atoms with Gasteiger partial charge in [0.05, 0.1) is 25.7 Å². The first-order valence-electron chi connectivity index (χ1n) is 6.17. The van der Waals surface area contributed by atoms with Gasteiger partial charge in [-0.25, -0.2) is 9.97 Å². The van der Waals surface area contributed by atoms with Gasteiger partial charge in [0.25, 0.3) is 0 Å². The maximum atomic E-state index is 6.04. The van der Waals surface area contributed by atoms with E-state index in [0.717, 1.165) is 0 Å². The molecular formula is C12H15N5O3. The molecule has 2 atom stereocenters. The smallest absolute Gasteiger partial charge is 0.236 e. The summed E-state index contributed by atoms with van der Waals surface area (Å²) in [5.74, 6) is 1.27. The molecule has 2 aromatic rings. The minimum absolute atomic E-state index is 0.171. The highest BCUT2D eigenvalue weighted by atomic mass is 16.5. The van der Waals surface area contributed by atoms with Crippen LogP contribution in [0.25, 0.3) is 11.5 Å². The first kappa shape index (κ1) is 12.9. The van der Waals surface area contributed by atoms with Crippen LogP contribution in [0.1, 0.15) is 12.8 Å². The molecule has 2 N–H and O–H groups in total.